The highest BCUT2D eigenvalue weighted by Crippen LogP contribution is 2.26. The normalized spacial score (nSPS) is 14.2. The number of nitrogens with zero attached hydrogens (tertiary/aromatic N) is 6. The van der Waals surface area contributed by atoms with Crippen molar-refractivity contribution in [2.24, 2.45) is 5.92 Å². The van der Waals surface area contributed by atoms with Gasteiger partial charge in [0.05, 0.1) is 11.3 Å². The molecule has 0 saturated heterocycles. The SMILES string of the molecule is CC(C)CC(=O)N1CCCN(C)CCN(C(=O)c2cnc(N(C)CCc3ccccc3)nc2COc2ccc(Cl)cc2)Cc2ccccc21. The Morgan fingerprint density at radius 1 is 0.939 bits per heavy atom. The summed E-state index contributed by atoms with van der Waals surface area (Å²) < 4.78 is 6.14. The minimum Gasteiger partial charge on any atom is -0.487 e. The molecule has 0 N–H and O–H groups in total. The second-order valence-corrected chi connectivity index (χ2v) is 13.5. The summed E-state index contributed by atoms with van der Waals surface area (Å²) in [6.45, 7) is 7.86. The quantitative estimate of drug-likeness (QED) is 0.183. The van der Waals surface area contributed by atoms with Crippen LogP contribution in [0.4, 0.5) is 11.6 Å². The second kappa shape index (κ2) is 17.3. The maximum Gasteiger partial charge on any atom is 0.257 e. The Morgan fingerprint density at radius 2 is 1.67 bits per heavy atom. The van der Waals surface area contributed by atoms with Crippen molar-refractivity contribution in [3.05, 3.63) is 112 Å². The number of fused-ring (bicyclic) bond motifs is 1. The van der Waals surface area contributed by atoms with Crippen LogP contribution in [0.5, 0.6) is 5.75 Å². The number of rotatable bonds is 10. The fourth-order valence-corrected chi connectivity index (χ4v) is 6.01. The van der Waals surface area contributed by atoms with Gasteiger partial charge in [0, 0.05) is 63.1 Å². The Hall–Kier alpha value is -4.47. The number of hydrogen-bond donors (Lipinski definition) is 0. The number of aromatic nitrogens is 2. The van der Waals surface area contributed by atoms with Crippen molar-refractivity contribution >= 4 is 35.1 Å². The number of anilines is 2. The standard InChI is InChI=1S/C39H47ClN6O3/c1-29(2)25-37(47)46-21-10-20-43(3)23-24-45(27-31-13-8-9-14-36(31)46)38(48)34-26-41-39(44(4)22-19-30-11-6-5-7-12-30)42-35(34)28-49-33-17-15-32(40)16-18-33/h5-9,11-18,26,29H,10,19-25,27-28H2,1-4H3. The van der Waals surface area contributed by atoms with Gasteiger partial charge in [-0.15, -0.1) is 0 Å². The lowest BCUT2D eigenvalue weighted by Gasteiger charge is -2.29. The highest BCUT2D eigenvalue weighted by atomic mass is 35.5. The van der Waals surface area contributed by atoms with E-state index in [1.807, 2.05) is 64.2 Å². The van der Waals surface area contributed by atoms with Gasteiger partial charge in [0.1, 0.15) is 12.4 Å². The molecule has 2 amide bonds. The number of carbonyl (C=O) groups excluding carboxylic acids is 2. The Labute approximate surface area is 295 Å². The van der Waals surface area contributed by atoms with E-state index < -0.39 is 0 Å². The predicted molar refractivity (Wildman–Crippen MR) is 196 cm³/mol. The molecule has 4 aromatic rings. The molecule has 0 saturated carbocycles. The highest BCUT2D eigenvalue weighted by Gasteiger charge is 2.26. The van der Waals surface area contributed by atoms with Gasteiger partial charge in [-0.2, -0.15) is 0 Å². The number of likely N-dealkylation sites (N-methyl/N-ethyl adjacent to an activating group) is 2. The molecule has 5 rings (SSSR count). The topological polar surface area (TPSA) is 82.1 Å². The van der Waals surface area contributed by atoms with Crippen LogP contribution < -0.4 is 14.5 Å². The minimum atomic E-state index is -0.185. The molecule has 0 bridgehead atoms. The van der Waals surface area contributed by atoms with Gasteiger partial charge >= 0.3 is 0 Å². The highest BCUT2D eigenvalue weighted by molar-refractivity contribution is 6.30. The number of para-hydroxylation sites is 1. The van der Waals surface area contributed by atoms with Gasteiger partial charge in [0.2, 0.25) is 11.9 Å². The molecule has 9 nitrogen and oxygen atoms in total. The molecule has 0 atom stereocenters. The van der Waals surface area contributed by atoms with E-state index in [0.717, 1.165) is 30.6 Å². The van der Waals surface area contributed by atoms with Crippen LogP contribution in [0.15, 0.2) is 85.1 Å². The third kappa shape index (κ3) is 10.0. The maximum atomic E-state index is 14.6. The fraction of sp³-hybridized carbons (Fsp3) is 0.385. The summed E-state index contributed by atoms with van der Waals surface area (Å²) in [5, 5.41) is 0.613. The van der Waals surface area contributed by atoms with Gasteiger partial charge in [0.25, 0.3) is 5.91 Å². The molecule has 1 aromatic heterocycles. The molecule has 0 aliphatic carbocycles. The third-order valence-corrected chi connectivity index (χ3v) is 8.93. The van der Waals surface area contributed by atoms with Gasteiger partial charge in [-0.25, -0.2) is 9.97 Å². The Morgan fingerprint density at radius 3 is 2.43 bits per heavy atom. The van der Waals surface area contributed by atoms with Crippen LogP contribution in [0.25, 0.3) is 0 Å². The van der Waals surface area contributed by atoms with E-state index in [1.54, 1.807) is 30.5 Å². The average molecular weight is 683 g/mol. The average Bonchev–Trinajstić information content (AvgIpc) is 3.13. The Bertz CT molecular complexity index is 1680. The summed E-state index contributed by atoms with van der Waals surface area (Å²) in [7, 11) is 4.01. The fourth-order valence-electron chi connectivity index (χ4n) is 5.88. The van der Waals surface area contributed by atoms with E-state index in [1.165, 1.54) is 5.56 Å². The van der Waals surface area contributed by atoms with E-state index in [0.29, 0.717) is 67.1 Å². The number of halogens is 1. The zero-order chi connectivity index (χ0) is 34.8. The molecule has 10 heteroatoms. The number of amides is 2. The lowest BCUT2D eigenvalue weighted by Crippen LogP contribution is -2.38. The molecule has 0 spiro atoms. The van der Waals surface area contributed by atoms with Crippen LogP contribution in [-0.2, 0) is 24.4 Å². The largest absolute Gasteiger partial charge is 0.487 e. The third-order valence-electron chi connectivity index (χ3n) is 8.68. The number of ether oxygens (including phenoxy) is 1. The summed E-state index contributed by atoms with van der Waals surface area (Å²) >= 11 is 6.11. The van der Waals surface area contributed by atoms with Crippen LogP contribution in [0.2, 0.25) is 5.02 Å². The van der Waals surface area contributed by atoms with Gasteiger partial charge in [-0.1, -0.05) is 74.0 Å². The predicted octanol–water partition coefficient (Wildman–Crippen LogP) is 6.74. The molecule has 3 aromatic carbocycles. The molecule has 49 heavy (non-hydrogen) atoms. The van der Waals surface area contributed by atoms with Crippen LogP contribution >= 0.6 is 11.6 Å². The molecule has 258 valence electrons. The first-order valence-corrected chi connectivity index (χ1v) is 17.4. The first-order chi connectivity index (χ1) is 23.7. The van der Waals surface area contributed by atoms with E-state index in [9.17, 15) is 9.59 Å². The summed E-state index contributed by atoms with van der Waals surface area (Å²) in [5.74, 6) is 1.30. The van der Waals surface area contributed by atoms with Crippen molar-refractivity contribution in [3.8, 4) is 5.75 Å². The van der Waals surface area contributed by atoms with Crippen molar-refractivity contribution in [1.82, 2.24) is 19.8 Å². The first-order valence-electron chi connectivity index (χ1n) is 17.0. The molecule has 1 aliphatic rings. The van der Waals surface area contributed by atoms with E-state index >= 15 is 0 Å². The van der Waals surface area contributed by atoms with Crippen molar-refractivity contribution in [1.29, 1.82) is 0 Å². The van der Waals surface area contributed by atoms with Gasteiger partial charge in [-0.3, -0.25) is 9.59 Å². The van der Waals surface area contributed by atoms with Gasteiger partial charge < -0.3 is 24.3 Å². The summed E-state index contributed by atoms with van der Waals surface area (Å²) in [6, 6.07) is 25.3. The minimum absolute atomic E-state index is 0.0760. The van der Waals surface area contributed by atoms with Crippen molar-refractivity contribution in [2.75, 3.05) is 56.6 Å². The van der Waals surface area contributed by atoms with Crippen LogP contribution in [0.1, 0.15) is 53.9 Å². The zero-order valence-corrected chi connectivity index (χ0v) is 29.8. The van der Waals surface area contributed by atoms with E-state index in [2.05, 4.69) is 42.9 Å². The number of carbonyl (C=O) groups is 2. The van der Waals surface area contributed by atoms with E-state index in [-0.39, 0.29) is 24.3 Å². The molecule has 2 heterocycles. The van der Waals surface area contributed by atoms with Gasteiger partial charge in [0.15, 0.2) is 0 Å². The molecule has 0 radical (unpaired) electrons. The maximum absolute atomic E-state index is 14.6. The Kier molecular flexibility index (Phi) is 12.6. The summed E-state index contributed by atoms with van der Waals surface area (Å²) in [6.07, 6.45) is 3.76. The number of benzene rings is 3. The molecular formula is C39H47ClN6O3. The smallest absolute Gasteiger partial charge is 0.257 e. The second-order valence-electron chi connectivity index (χ2n) is 13.1. The lowest BCUT2D eigenvalue weighted by atomic mass is 10.1. The van der Waals surface area contributed by atoms with Crippen molar-refractivity contribution < 1.29 is 14.3 Å². The monoisotopic (exact) mass is 682 g/mol. The number of hydrogen-bond acceptors (Lipinski definition) is 7. The molecule has 0 unspecified atom stereocenters. The van der Waals surface area contributed by atoms with E-state index in [4.69, 9.17) is 21.3 Å². The van der Waals surface area contributed by atoms with Crippen LogP contribution in [0, 0.1) is 5.92 Å². The Balaban J connectivity index is 1.46. The summed E-state index contributed by atoms with van der Waals surface area (Å²) in [5.41, 5.74) is 3.89. The van der Waals surface area contributed by atoms with Crippen molar-refractivity contribution in [2.45, 2.75) is 46.3 Å². The molecule has 0 fully saturated rings. The van der Waals surface area contributed by atoms with Gasteiger partial charge in [-0.05, 0) is 73.8 Å². The van der Waals surface area contributed by atoms with Crippen molar-refractivity contribution in [3.63, 3.8) is 0 Å². The van der Waals surface area contributed by atoms with Crippen LogP contribution in [-0.4, -0.2) is 78.4 Å². The lowest BCUT2D eigenvalue weighted by molar-refractivity contribution is -0.119. The molecule has 1 aliphatic heterocycles. The van der Waals surface area contributed by atoms with Crippen LogP contribution in [0.3, 0.4) is 0 Å². The summed E-state index contributed by atoms with van der Waals surface area (Å²) in [4.78, 5) is 45.6. The molecular weight excluding hydrogens is 636 g/mol. The first kappa shape index (κ1) is 35.8. The zero-order valence-electron chi connectivity index (χ0n) is 29.0.